The molecule has 6 nitrogen and oxygen atoms in total. The van der Waals surface area contributed by atoms with Crippen molar-refractivity contribution in [2.45, 2.75) is 33.6 Å². The molecule has 0 aliphatic carbocycles. The van der Waals surface area contributed by atoms with Crippen LogP contribution in [0, 0.1) is 0 Å². The molecule has 21 heavy (non-hydrogen) atoms. The van der Waals surface area contributed by atoms with Crippen LogP contribution in [-0.2, 0) is 0 Å². The summed E-state index contributed by atoms with van der Waals surface area (Å²) in [6.45, 7) is 13.9. The maximum atomic E-state index is 4.74. The van der Waals surface area contributed by atoms with E-state index in [0.717, 1.165) is 70.4 Å². The first-order valence-electron chi connectivity index (χ1n) is 8.20. The van der Waals surface area contributed by atoms with Crippen LogP contribution in [0.4, 0.5) is 11.8 Å². The first-order chi connectivity index (χ1) is 10.3. The van der Waals surface area contributed by atoms with Crippen molar-refractivity contribution in [2.75, 3.05) is 55.6 Å². The zero-order chi connectivity index (χ0) is 15.1. The van der Waals surface area contributed by atoms with E-state index in [1.807, 2.05) is 0 Å². The smallest absolute Gasteiger partial charge is 0.247 e. The molecule has 1 fully saturated rings. The number of nitrogens with zero attached hydrogens (tertiary/aromatic N) is 6. The molecule has 0 atom stereocenters. The summed E-state index contributed by atoms with van der Waals surface area (Å²) in [6.07, 6.45) is 3.99. The lowest BCUT2D eigenvalue weighted by Crippen LogP contribution is -2.46. The third-order valence-electron chi connectivity index (χ3n) is 3.95. The summed E-state index contributed by atoms with van der Waals surface area (Å²) >= 11 is 0. The molecule has 0 aromatic carbocycles. The van der Waals surface area contributed by atoms with Crippen molar-refractivity contribution in [1.29, 1.82) is 0 Å². The minimum Gasteiger partial charge on any atom is -0.353 e. The zero-order valence-electron chi connectivity index (χ0n) is 13.6. The fraction of sp³-hybridized carbons (Fsp3) is 0.800. The Hall–Kier alpha value is -1.43. The molecule has 1 saturated heterocycles. The van der Waals surface area contributed by atoms with E-state index in [1.165, 1.54) is 0 Å². The quantitative estimate of drug-likeness (QED) is 0.761. The highest BCUT2D eigenvalue weighted by Crippen LogP contribution is 2.16. The number of hydrogen-bond donors (Lipinski definition) is 0. The van der Waals surface area contributed by atoms with E-state index >= 15 is 0 Å². The van der Waals surface area contributed by atoms with Crippen molar-refractivity contribution in [1.82, 2.24) is 20.1 Å². The van der Waals surface area contributed by atoms with Crippen molar-refractivity contribution in [2.24, 2.45) is 0 Å². The van der Waals surface area contributed by atoms with E-state index in [9.17, 15) is 0 Å². The standard InChI is InChI=1S/C15H28N6/c1-4-7-21(8-5-2)15-17-14(13-16-18-15)20-11-9-19(6-3)10-12-20/h13H,4-12H2,1-3H3. The van der Waals surface area contributed by atoms with Crippen LogP contribution >= 0.6 is 0 Å². The average molecular weight is 292 g/mol. The second-order valence-corrected chi connectivity index (χ2v) is 5.52. The van der Waals surface area contributed by atoms with Gasteiger partial charge in [0.1, 0.15) is 0 Å². The highest BCUT2D eigenvalue weighted by Gasteiger charge is 2.18. The van der Waals surface area contributed by atoms with E-state index in [1.54, 1.807) is 6.20 Å². The second kappa shape index (κ2) is 8.12. The highest BCUT2D eigenvalue weighted by atomic mass is 15.4. The first kappa shape index (κ1) is 15.9. The SMILES string of the molecule is CCCN(CCC)c1nncc(N2CCN(CC)CC2)n1. The minimum absolute atomic E-state index is 0.772. The average Bonchev–Trinajstić information content (AvgIpc) is 2.55. The van der Waals surface area contributed by atoms with Crippen molar-refractivity contribution in [3.8, 4) is 0 Å². The molecule has 2 heterocycles. The molecule has 0 radical (unpaired) electrons. The number of rotatable bonds is 7. The van der Waals surface area contributed by atoms with E-state index in [-0.39, 0.29) is 0 Å². The summed E-state index contributed by atoms with van der Waals surface area (Å²) in [5.41, 5.74) is 0. The molecular weight excluding hydrogens is 264 g/mol. The molecule has 0 saturated carbocycles. The van der Waals surface area contributed by atoms with E-state index in [4.69, 9.17) is 4.98 Å². The number of anilines is 2. The largest absolute Gasteiger partial charge is 0.353 e. The predicted octanol–water partition coefficient (Wildman–Crippen LogP) is 1.64. The third-order valence-corrected chi connectivity index (χ3v) is 3.95. The Balaban J connectivity index is 2.06. The van der Waals surface area contributed by atoms with Gasteiger partial charge in [-0.2, -0.15) is 10.1 Å². The van der Waals surface area contributed by atoms with E-state index in [2.05, 4.69) is 45.7 Å². The number of piperazine rings is 1. The lowest BCUT2D eigenvalue weighted by molar-refractivity contribution is 0.270. The van der Waals surface area contributed by atoms with E-state index in [0.29, 0.717) is 0 Å². The zero-order valence-corrected chi connectivity index (χ0v) is 13.6. The number of aromatic nitrogens is 3. The number of likely N-dealkylation sites (N-methyl/N-ethyl adjacent to an activating group) is 1. The molecule has 1 aromatic heterocycles. The normalized spacial score (nSPS) is 16.2. The van der Waals surface area contributed by atoms with Gasteiger partial charge >= 0.3 is 0 Å². The third kappa shape index (κ3) is 4.27. The van der Waals surface area contributed by atoms with Crippen LogP contribution in [0.5, 0.6) is 0 Å². The summed E-state index contributed by atoms with van der Waals surface area (Å²) < 4.78 is 0. The molecule has 118 valence electrons. The summed E-state index contributed by atoms with van der Waals surface area (Å²) in [5, 5.41) is 8.41. The van der Waals surface area contributed by atoms with Crippen LogP contribution in [0.2, 0.25) is 0 Å². The van der Waals surface area contributed by atoms with Crippen molar-refractivity contribution in [3.05, 3.63) is 6.20 Å². The van der Waals surface area contributed by atoms with Gasteiger partial charge in [-0.15, -0.1) is 5.10 Å². The molecule has 6 heteroatoms. The Morgan fingerprint density at radius 2 is 1.71 bits per heavy atom. The van der Waals surface area contributed by atoms with Crippen LogP contribution < -0.4 is 9.80 Å². The molecule has 0 N–H and O–H groups in total. The van der Waals surface area contributed by atoms with Gasteiger partial charge in [-0.05, 0) is 19.4 Å². The van der Waals surface area contributed by atoms with Gasteiger partial charge in [0.05, 0.1) is 6.20 Å². The van der Waals surface area contributed by atoms with Crippen LogP contribution in [-0.4, -0.2) is 65.9 Å². The van der Waals surface area contributed by atoms with Crippen molar-refractivity contribution < 1.29 is 0 Å². The molecule has 0 spiro atoms. The maximum Gasteiger partial charge on any atom is 0.247 e. The molecule has 1 aromatic rings. The first-order valence-corrected chi connectivity index (χ1v) is 8.20. The van der Waals surface area contributed by atoms with Crippen LogP contribution in [0.25, 0.3) is 0 Å². The monoisotopic (exact) mass is 292 g/mol. The molecule has 0 unspecified atom stereocenters. The Morgan fingerprint density at radius 1 is 1.05 bits per heavy atom. The lowest BCUT2D eigenvalue weighted by atomic mass is 10.3. The van der Waals surface area contributed by atoms with Crippen LogP contribution in [0.1, 0.15) is 33.6 Å². The summed E-state index contributed by atoms with van der Waals surface area (Å²) in [6, 6.07) is 0. The van der Waals surface area contributed by atoms with Gasteiger partial charge in [-0.25, -0.2) is 0 Å². The molecular formula is C15H28N6. The lowest BCUT2D eigenvalue weighted by Gasteiger charge is -2.34. The van der Waals surface area contributed by atoms with E-state index < -0.39 is 0 Å². The summed E-state index contributed by atoms with van der Waals surface area (Å²) in [7, 11) is 0. The van der Waals surface area contributed by atoms with Gasteiger partial charge in [-0.1, -0.05) is 20.8 Å². The molecule has 1 aliphatic heterocycles. The second-order valence-electron chi connectivity index (χ2n) is 5.52. The van der Waals surface area contributed by atoms with Gasteiger partial charge < -0.3 is 14.7 Å². The van der Waals surface area contributed by atoms with Crippen molar-refractivity contribution in [3.63, 3.8) is 0 Å². The topological polar surface area (TPSA) is 48.4 Å². The van der Waals surface area contributed by atoms with Gasteiger partial charge in [0.25, 0.3) is 0 Å². The molecule has 0 bridgehead atoms. The Kier molecular flexibility index (Phi) is 6.17. The summed E-state index contributed by atoms with van der Waals surface area (Å²) in [5.74, 6) is 1.74. The summed E-state index contributed by atoms with van der Waals surface area (Å²) in [4.78, 5) is 11.8. The maximum absolute atomic E-state index is 4.74. The molecule has 2 rings (SSSR count). The Bertz CT molecular complexity index is 410. The predicted molar refractivity (Wildman–Crippen MR) is 86.9 cm³/mol. The number of hydrogen-bond acceptors (Lipinski definition) is 6. The fourth-order valence-electron chi connectivity index (χ4n) is 2.72. The van der Waals surface area contributed by atoms with Gasteiger partial charge in [0, 0.05) is 39.3 Å². The van der Waals surface area contributed by atoms with Gasteiger partial charge in [-0.3, -0.25) is 0 Å². The fourth-order valence-corrected chi connectivity index (χ4v) is 2.72. The van der Waals surface area contributed by atoms with Gasteiger partial charge in [0.2, 0.25) is 5.95 Å². The molecule has 0 amide bonds. The Morgan fingerprint density at radius 3 is 2.29 bits per heavy atom. The molecule has 1 aliphatic rings. The Labute approximate surface area is 128 Å². The van der Waals surface area contributed by atoms with Crippen molar-refractivity contribution >= 4 is 11.8 Å². The van der Waals surface area contributed by atoms with Crippen LogP contribution in [0.3, 0.4) is 0 Å². The highest BCUT2D eigenvalue weighted by molar-refractivity contribution is 5.42. The van der Waals surface area contributed by atoms with Crippen LogP contribution in [0.15, 0.2) is 6.20 Å². The van der Waals surface area contributed by atoms with Gasteiger partial charge in [0.15, 0.2) is 5.82 Å². The minimum atomic E-state index is 0.772.